The Kier molecular flexibility index (Phi) is 6.12. The quantitative estimate of drug-likeness (QED) is 0.905. The van der Waals surface area contributed by atoms with Gasteiger partial charge in [0.15, 0.2) is 0 Å². The predicted molar refractivity (Wildman–Crippen MR) is 84.4 cm³/mol. The Bertz CT molecular complexity index is 416. The van der Waals surface area contributed by atoms with Crippen molar-refractivity contribution in [3.05, 3.63) is 33.8 Å². The highest BCUT2D eigenvalue weighted by Gasteiger charge is 2.21. The van der Waals surface area contributed by atoms with Gasteiger partial charge in [0.25, 0.3) is 0 Å². The van der Waals surface area contributed by atoms with Crippen LogP contribution in [-0.2, 0) is 4.74 Å². The average Bonchev–Trinajstić information content (AvgIpc) is 2.39. The maximum Gasteiger partial charge on any atom is 0.0469 e. The predicted octanol–water partition coefficient (Wildman–Crippen LogP) is 3.35. The van der Waals surface area contributed by atoms with Crippen LogP contribution in [0.1, 0.15) is 24.4 Å². The van der Waals surface area contributed by atoms with E-state index < -0.39 is 0 Å². The van der Waals surface area contributed by atoms with Crippen LogP contribution in [0, 0.1) is 5.92 Å². The van der Waals surface area contributed by atoms with Crippen LogP contribution in [0.15, 0.2) is 18.2 Å². The zero-order chi connectivity index (χ0) is 14.5. The zero-order valence-corrected chi connectivity index (χ0v) is 13.3. The van der Waals surface area contributed by atoms with Crippen LogP contribution < -0.4 is 5.73 Å². The molecular weight excluding hydrogens is 295 g/mol. The first kappa shape index (κ1) is 16.1. The highest BCUT2D eigenvalue weighted by Crippen LogP contribution is 2.27. The first-order chi connectivity index (χ1) is 9.60. The molecule has 0 bridgehead atoms. The Morgan fingerprint density at radius 2 is 1.85 bits per heavy atom. The number of benzene rings is 1. The molecule has 5 heteroatoms. The number of hydrogen-bond donors (Lipinski definition) is 1. The van der Waals surface area contributed by atoms with Crippen molar-refractivity contribution in [2.45, 2.75) is 18.9 Å². The Morgan fingerprint density at radius 3 is 2.40 bits per heavy atom. The molecular formula is C15H22Cl2N2O. The highest BCUT2D eigenvalue weighted by molar-refractivity contribution is 6.34. The zero-order valence-electron chi connectivity index (χ0n) is 11.8. The van der Waals surface area contributed by atoms with Crippen LogP contribution in [0.4, 0.5) is 0 Å². The summed E-state index contributed by atoms with van der Waals surface area (Å²) in [4.78, 5) is 2.30. The normalized spacial score (nSPS) is 18.4. The molecule has 2 N–H and O–H groups in total. The lowest BCUT2D eigenvalue weighted by Gasteiger charge is -2.32. The van der Waals surface area contributed by atoms with Crippen LogP contribution >= 0.6 is 23.2 Å². The molecule has 1 fully saturated rings. The third-order valence-electron chi connectivity index (χ3n) is 3.91. The molecule has 1 aliphatic rings. The molecule has 1 unspecified atom stereocenters. The maximum absolute atomic E-state index is 6.09. The largest absolute Gasteiger partial charge is 0.381 e. The summed E-state index contributed by atoms with van der Waals surface area (Å²) in [7, 11) is 2.11. The molecule has 0 aliphatic carbocycles. The van der Waals surface area contributed by atoms with Crippen molar-refractivity contribution in [2.75, 3.05) is 33.4 Å². The lowest BCUT2D eigenvalue weighted by Crippen LogP contribution is -2.36. The van der Waals surface area contributed by atoms with Crippen LogP contribution in [0.5, 0.6) is 0 Å². The van der Waals surface area contributed by atoms with Gasteiger partial charge in [0, 0.05) is 42.4 Å². The number of nitrogens with zero attached hydrogens (tertiary/aromatic N) is 1. The summed E-state index contributed by atoms with van der Waals surface area (Å²) >= 11 is 12.2. The van der Waals surface area contributed by atoms with Gasteiger partial charge in [0.1, 0.15) is 0 Å². The third-order valence-corrected chi connectivity index (χ3v) is 4.35. The molecule has 2 rings (SSSR count). The summed E-state index contributed by atoms with van der Waals surface area (Å²) in [6.07, 6.45) is 2.25. The maximum atomic E-state index is 6.09. The number of nitrogens with two attached hydrogens (primary N) is 1. The number of likely N-dealkylation sites (N-methyl/N-ethyl adjacent to an activating group) is 1. The monoisotopic (exact) mass is 316 g/mol. The van der Waals surface area contributed by atoms with Crippen LogP contribution in [-0.4, -0.2) is 38.3 Å². The summed E-state index contributed by atoms with van der Waals surface area (Å²) in [5, 5.41) is 1.32. The molecule has 3 nitrogen and oxygen atoms in total. The van der Waals surface area contributed by atoms with Crippen molar-refractivity contribution < 1.29 is 4.74 Å². The molecule has 0 saturated carbocycles. The fourth-order valence-corrected chi connectivity index (χ4v) is 3.34. The number of ether oxygens (including phenoxy) is 1. The topological polar surface area (TPSA) is 38.5 Å². The van der Waals surface area contributed by atoms with E-state index in [1.165, 1.54) is 0 Å². The minimum Gasteiger partial charge on any atom is -0.381 e. The van der Waals surface area contributed by atoms with Gasteiger partial charge >= 0.3 is 0 Å². The minimum absolute atomic E-state index is 0.147. The summed E-state index contributed by atoms with van der Waals surface area (Å²) < 4.78 is 5.41. The standard InChI is InChI=1S/C15H22Cl2N2O/c1-19(10-11-2-4-20-5-3-11)15(9-18)12-6-13(16)8-14(17)7-12/h6-8,11,15H,2-5,9-10,18H2,1H3. The van der Waals surface area contributed by atoms with Gasteiger partial charge in [-0.15, -0.1) is 0 Å². The molecule has 1 aliphatic heterocycles. The van der Waals surface area contributed by atoms with Gasteiger partial charge in [0.2, 0.25) is 0 Å². The molecule has 1 aromatic carbocycles. The minimum atomic E-state index is 0.147. The van der Waals surface area contributed by atoms with Crippen molar-refractivity contribution in [3.63, 3.8) is 0 Å². The summed E-state index contributed by atoms with van der Waals surface area (Å²) in [5.41, 5.74) is 7.04. The van der Waals surface area contributed by atoms with Gasteiger partial charge in [-0.3, -0.25) is 4.90 Å². The number of hydrogen-bond acceptors (Lipinski definition) is 3. The second kappa shape index (κ2) is 7.62. The third kappa shape index (κ3) is 4.34. The molecule has 1 heterocycles. The van der Waals surface area contributed by atoms with Crippen molar-refractivity contribution in [3.8, 4) is 0 Å². The molecule has 1 atom stereocenters. The van der Waals surface area contributed by atoms with Crippen molar-refractivity contribution >= 4 is 23.2 Å². The van der Waals surface area contributed by atoms with Crippen LogP contribution in [0.3, 0.4) is 0 Å². The van der Waals surface area contributed by atoms with Gasteiger partial charge < -0.3 is 10.5 Å². The van der Waals surface area contributed by atoms with E-state index in [4.69, 9.17) is 33.7 Å². The van der Waals surface area contributed by atoms with Gasteiger partial charge in [-0.25, -0.2) is 0 Å². The van der Waals surface area contributed by atoms with Crippen LogP contribution in [0.25, 0.3) is 0 Å². The SMILES string of the molecule is CN(CC1CCOCC1)C(CN)c1cc(Cl)cc(Cl)c1. The Labute approximate surface area is 131 Å². The van der Waals surface area contributed by atoms with Crippen LogP contribution in [0.2, 0.25) is 10.0 Å². The fraction of sp³-hybridized carbons (Fsp3) is 0.600. The van der Waals surface area contributed by atoms with E-state index >= 15 is 0 Å². The van der Waals surface area contributed by atoms with Gasteiger partial charge in [-0.1, -0.05) is 23.2 Å². The van der Waals surface area contributed by atoms with Gasteiger partial charge in [-0.2, -0.15) is 0 Å². The number of halogens is 2. The molecule has 0 amide bonds. The molecule has 0 spiro atoms. The summed E-state index contributed by atoms with van der Waals surface area (Å²) in [6.45, 7) is 3.31. The van der Waals surface area contributed by atoms with E-state index in [-0.39, 0.29) is 6.04 Å². The Hall–Kier alpha value is -0.320. The lowest BCUT2D eigenvalue weighted by molar-refractivity contribution is 0.0507. The molecule has 1 saturated heterocycles. The first-order valence-corrected chi connectivity index (χ1v) is 7.79. The highest BCUT2D eigenvalue weighted by atomic mass is 35.5. The Morgan fingerprint density at radius 1 is 1.25 bits per heavy atom. The van der Waals surface area contributed by atoms with E-state index in [1.807, 2.05) is 12.1 Å². The molecule has 0 radical (unpaired) electrons. The first-order valence-electron chi connectivity index (χ1n) is 7.04. The van der Waals surface area contributed by atoms with E-state index in [9.17, 15) is 0 Å². The molecule has 20 heavy (non-hydrogen) atoms. The summed E-state index contributed by atoms with van der Waals surface area (Å²) in [5.74, 6) is 0.678. The van der Waals surface area contributed by atoms with Crippen molar-refractivity contribution in [2.24, 2.45) is 11.7 Å². The molecule has 1 aromatic rings. The molecule has 112 valence electrons. The smallest absolute Gasteiger partial charge is 0.0469 e. The summed E-state index contributed by atoms with van der Waals surface area (Å²) in [6, 6.07) is 5.80. The van der Waals surface area contributed by atoms with E-state index in [0.29, 0.717) is 22.5 Å². The van der Waals surface area contributed by atoms with E-state index in [0.717, 1.165) is 38.2 Å². The second-order valence-electron chi connectivity index (χ2n) is 5.45. The van der Waals surface area contributed by atoms with Gasteiger partial charge in [0.05, 0.1) is 0 Å². The van der Waals surface area contributed by atoms with Gasteiger partial charge in [-0.05, 0) is 49.6 Å². The Balaban J connectivity index is 2.05. The second-order valence-corrected chi connectivity index (χ2v) is 6.32. The van der Waals surface area contributed by atoms with Crippen molar-refractivity contribution in [1.29, 1.82) is 0 Å². The fourth-order valence-electron chi connectivity index (χ4n) is 2.80. The van der Waals surface area contributed by atoms with E-state index in [1.54, 1.807) is 6.07 Å². The van der Waals surface area contributed by atoms with Crippen molar-refractivity contribution in [1.82, 2.24) is 4.90 Å². The lowest BCUT2D eigenvalue weighted by atomic mass is 9.98. The average molecular weight is 317 g/mol. The molecule has 0 aromatic heterocycles. The number of rotatable bonds is 5. The van der Waals surface area contributed by atoms with E-state index in [2.05, 4.69) is 11.9 Å².